The number of unbranched alkanes of at least 4 members (excludes halogenated alkanes) is 1. The van der Waals surface area contributed by atoms with Gasteiger partial charge in [0.05, 0.1) is 0 Å². The maximum atomic E-state index is 12.1. The van der Waals surface area contributed by atoms with Crippen molar-refractivity contribution in [1.29, 1.82) is 0 Å². The van der Waals surface area contributed by atoms with E-state index in [4.69, 9.17) is 5.73 Å². The van der Waals surface area contributed by atoms with Gasteiger partial charge in [-0.1, -0.05) is 26.7 Å². The van der Waals surface area contributed by atoms with Gasteiger partial charge in [-0.05, 0) is 38.0 Å². The second-order valence-electron chi connectivity index (χ2n) is 6.48. The average Bonchev–Trinajstić information content (AvgIpc) is 2.45. The molecule has 1 aliphatic carbocycles. The Hall–Kier alpha value is -0.660. The van der Waals surface area contributed by atoms with Crippen molar-refractivity contribution >= 4 is 15.9 Å². The first kappa shape index (κ1) is 19.4. The van der Waals surface area contributed by atoms with E-state index in [0.717, 1.165) is 44.9 Å². The van der Waals surface area contributed by atoms with Crippen molar-refractivity contribution in [2.45, 2.75) is 70.9 Å². The third kappa shape index (κ3) is 7.56. The first-order valence-corrected chi connectivity index (χ1v) is 10.0. The van der Waals surface area contributed by atoms with E-state index in [0.29, 0.717) is 12.5 Å². The maximum Gasteiger partial charge on any atom is 0.236 e. The van der Waals surface area contributed by atoms with E-state index >= 15 is 0 Å². The molecule has 1 fully saturated rings. The molecule has 0 saturated heterocycles. The molecule has 1 rings (SSSR count). The topological polar surface area (TPSA) is 101 Å². The first-order chi connectivity index (χ1) is 10.4. The van der Waals surface area contributed by atoms with Gasteiger partial charge in [0.1, 0.15) is 5.75 Å². The zero-order valence-electron chi connectivity index (χ0n) is 13.8. The van der Waals surface area contributed by atoms with Crippen LogP contribution in [0.1, 0.15) is 58.8 Å². The molecule has 0 bridgehead atoms. The highest BCUT2D eigenvalue weighted by molar-refractivity contribution is 7.90. The molecule has 0 aromatic rings. The summed E-state index contributed by atoms with van der Waals surface area (Å²) in [5.74, 6) is -0.321. The van der Waals surface area contributed by atoms with Gasteiger partial charge in [0.25, 0.3) is 0 Å². The molecule has 1 aliphatic rings. The van der Waals surface area contributed by atoms with Crippen molar-refractivity contribution in [2.75, 3.05) is 12.3 Å². The Morgan fingerprint density at radius 2 is 1.91 bits per heavy atom. The smallest absolute Gasteiger partial charge is 0.236 e. The average molecular weight is 333 g/mol. The van der Waals surface area contributed by atoms with Crippen LogP contribution in [0.5, 0.6) is 0 Å². The van der Waals surface area contributed by atoms with Gasteiger partial charge >= 0.3 is 0 Å². The van der Waals surface area contributed by atoms with Gasteiger partial charge in [0.15, 0.2) is 0 Å². The number of hydrogen-bond acceptors (Lipinski definition) is 4. The lowest BCUT2D eigenvalue weighted by Crippen LogP contribution is -2.46. The molecule has 0 aromatic heterocycles. The molecule has 1 unspecified atom stereocenters. The molecule has 0 spiro atoms. The van der Waals surface area contributed by atoms with E-state index in [2.05, 4.69) is 23.9 Å². The van der Waals surface area contributed by atoms with E-state index in [-0.39, 0.29) is 12.1 Å². The van der Waals surface area contributed by atoms with Crippen LogP contribution in [0.3, 0.4) is 0 Å². The van der Waals surface area contributed by atoms with Crippen molar-refractivity contribution in [3.8, 4) is 0 Å². The van der Waals surface area contributed by atoms with Gasteiger partial charge in [-0.15, -0.1) is 0 Å². The summed E-state index contributed by atoms with van der Waals surface area (Å²) in [5.41, 5.74) is 5.61. The lowest BCUT2D eigenvalue weighted by molar-refractivity contribution is -0.119. The summed E-state index contributed by atoms with van der Waals surface area (Å²) in [6.07, 6.45) is 6.54. The molecule has 1 atom stereocenters. The Morgan fingerprint density at radius 1 is 1.27 bits per heavy atom. The second-order valence-corrected chi connectivity index (χ2v) is 8.23. The predicted octanol–water partition coefficient (Wildman–Crippen LogP) is 1.12. The summed E-state index contributed by atoms with van der Waals surface area (Å²) in [6.45, 7) is 4.58. The summed E-state index contributed by atoms with van der Waals surface area (Å²) in [4.78, 5) is 11.9. The van der Waals surface area contributed by atoms with Gasteiger partial charge in [-0.2, -0.15) is 0 Å². The third-order valence-electron chi connectivity index (χ3n) is 4.24. The SMILES string of the molecule is CCCCC(CN)NC(=O)CS(=O)(=O)NC1CCC(C)CC1. The van der Waals surface area contributed by atoms with Crippen LogP contribution in [-0.2, 0) is 14.8 Å². The number of carbonyl (C=O) groups is 1. The number of nitrogens with one attached hydrogen (secondary N) is 2. The Labute approximate surface area is 134 Å². The van der Waals surface area contributed by atoms with Crippen LogP contribution >= 0.6 is 0 Å². The molecule has 0 aliphatic heterocycles. The first-order valence-electron chi connectivity index (χ1n) is 8.35. The van der Waals surface area contributed by atoms with Crippen LogP contribution < -0.4 is 15.8 Å². The van der Waals surface area contributed by atoms with Crippen LogP contribution in [0.4, 0.5) is 0 Å². The molecule has 4 N–H and O–H groups in total. The lowest BCUT2D eigenvalue weighted by atomic mass is 9.88. The van der Waals surface area contributed by atoms with E-state index < -0.39 is 21.7 Å². The highest BCUT2D eigenvalue weighted by Crippen LogP contribution is 2.23. The van der Waals surface area contributed by atoms with Crippen molar-refractivity contribution in [3.63, 3.8) is 0 Å². The summed E-state index contributed by atoms with van der Waals surface area (Å²) >= 11 is 0. The standard InChI is InChI=1S/C15H31N3O3S/c1-3-4-5-14(10-16)17-15(19)11-22(20,21)18-13-8-6-12(2)7-9-13/h12-14,18H,3-11,16H2,1-2H3,(H,17,19). The lowest BCUT2D eigenvalue weighted by Gasteiger charge is -2.26. The quantitative estimate of drug-likeness (QED) is 0.588. The molecular weight excluding hydrogens is 302 g/mol. The fourth-order valence-electron chi connectivity index (χ4n) is 2.81. The highest BCUT2D eigenvalue weighted by atomic mass is 32.2. The molecule has 22 heavy (non-hydrogen) atoms. The van der Waals surface area contributed by atoms with E-state index in [1.54, 1.807) is 0 Å². The zero-order chi connectivity index (χ0) is 16.6. The molecule has 1 saturated carbocycles. The van der Waals surface area contributed by atoms with Gasteiger partial charge in [-0.25, -0.2) is 13.1 Å². The molecule has 1 amide bonds. The maximum absolute atomic E-state index is 12.1. The van der Waals surface area contributed by atoms with Crippen LogP contribution in [0.15, 0.2) is 0 Å². The largest absolute Gasteiger partial charge is 0.351 e. The van der Waals surface area contributed by atoms with Crippen LogP contribution in [0.2, 0.25) is 0 Å². The Bertz CT molecular complexity index is 431. The van der Waals surface area contributed by atoms with Gasteiger partial charge in [0.2, 0.25) is 15.9 Å². The summed E-state index contributed by atoms with van der Waals surface area (Å²) in [5, 5.41) is 2.72. The van der Waals surface area contributed by atoms with Crippen molar-refractivity contribution < 1.29 is 13.2 Å². The summed E-state index contributed by atoms with van der Waals surface area (Å²) in [7, 11) is -3.58. The van der Waals surface area contributed by atoms with Crippen LogP contribution in [0, 0.1) is 5.92 Å². The van der Waals surface area contributed by atoms with Crippen LogP contribution in [-0.4, -0.2) is 38.7 Å². The van der Waals surface area contributed by atoms with Gasteiger partial charge in [0, 0.05) is 18.6 Å². The molecular formula is C15H31N3O3S. The van der Waals surface area contributed by atoms with Gasteiger partial charge in [-0.3, -0.25) is 4.79 Å². The molecule has 7 heteroatoms. The fourth-order valence-corrected chi connectivity index (χ4v) is 4.07. The molecule has 0 aromatic carbocycles. The summed E-state index contributed by atoms with van der Waals surface area (Å²) in [6, 6.07) is -0.169. The number of nitrogens with two attached hydrogens (primary N) is 1. The Morgan fingerprint density at radius 3 is 2.45 bits per heavy atom. The minimum absolute atomic E-state index is 0.0283. The Balaban J connectivity index is 2.40. The number of carbonyl (C=O) groups excluding carboxylic acids is 1. The Kier molecular flexibility index (Phi) is 8.35. The molecule has 6 nitrogen and oxygen atoms in total. The highest BCUT2D eigenvalue weighted by Gasteiger charge is 2.25. The molecule has 130 valence electrons. The second kappa shape index (κ2) is 9.47. The van der Waals surface area contributed by atoms with E-state index in [1.807, 2.05) is 0 Å². The monoisotopic (exact) mass is 333 g/mol. The fraction of sp³-hybridized carbons (Fsp3) is 0.933. The van der Waals surface area contributed by atoms with Crippen molar-refractivity contribution in [1.82, 2.24) is 10.0 Å². The predicted molar refractivity (Wildman–Crippen MR) is 88.9 cm³/mol. The van der Waals surface area contributed by atoms with E-state index in [1.165, 1.54) is 0 Å². The third-order valence-corrected chi connectivity index (χ3v) is 5.57. The van der Waals surface area contributed by atoms with Crippen molar-refractivity contribution in [3.05, 3.63) is 0 Å². The minimum atomic E-state index is -3.58. The normalized spacial score (nSPS) is 24.0. The van der Waals surface area contributed by atoms with Crippen molar-refractivity contribution in [2.24, 2.45) is 11.7 Å². The van der Waals surface area contributed by atoms with E-state index in [9.17, 15) is 13.2 Å². The minimum Gasteiger partial charge on any atom is -0.351 e. The number of hydrogen-bond donors (Lipinski definition) is 3. The number of rotatable bonds is 9. The number of sulfonamides is 1. The molecule has 0 radical (unpaired) electrons. The summed E-state index contributed by atoms with van der Waals surface area (Å²) < 4.78 is 26.8. The zero-order valence-corrected chi connectivity index (χ0v) is 14.6. The molecule has 0 heterocycles. The van der Waals surface area contributed by atoms with Gasteiger partial charge < -0.3 is 11.1 Å². The number of amides is 1. The van der Waals surface area contributed by atoms with Crippen LogP contribution in [0.25, 0.3) is 0 Å².